The highest BCUT2D eigenvalue weighted by Crippen LogP contribution is 1.97. The number of hydrogen-bond donors (Lipinski definition) is 0. The Balaban J connectivity index is 2.48. The molecule has 1 rings (SSSR count). The van der Waals surface area contributed by atoms with Gasteiger partial charge in [0.1, 0.15) is 4.87 Å². The molecular formula is C4H9N2O+. The first-order chi connectivity index (χ1) is 3.30. The van der Waals surface area contributed by atoms with Crippen LogP contribution in [-0.2, 0) is 0 Å². The predicted octanol–water partition coefficient (Wildman–Crippen LogP) is 0.0158. The molecule has 7 heavy (non-hydrogen) atoms. The molecule has 0 atom stereocenters. The van der Waals surface area contributed by atoms with Crippen molar-refractivity contribution in [2.75, 3.05) is 20.1 Å². The monoisotopic (exact) mass is 101 g/mol. The first-order valence-electron chi connectivity index (χ1n) is 2.46. The maximum absolute atomic E-state index is 10.4. The molecule has 1 aliphatic rings. The molecule has 1 aliphatic heterocycles. The molecule has 1 fully saturated rings. The smallest absolute Gasteiger partial charge is 0.144 e. The molecule has 0 bridgehead atoms. The van der Waals surface area contributed by atoms with Crippen LogP contribution in [0.25, 0.3) is 0 Å². The third kappa shape index (κ3) is 0.706. The van der Waals surface area contributed by atoms with E-state index in [1.54, 1.807) is 12.1 Å². The van der Waals surface area contributed by atoms with E-state index in [-0.39, 0.29) is 0 Å². The lowest BCUT2D eigenvalue weighted by molar-refractivity contribution is -0.678. The molecule has 0 spiro atoms. The van der Waals surface area contributed by atoms with Gasteiger partial charge in [-0.2, -0.15) is 0 Å². The van der Waals surface area contributed by atoms with Gasteiger partial charge >= 0.3 is 0 Å². The van der Waals surface area contributed by atoms with E-state index in [1.807, 2.05) is 0 Å². The zero-order chi connectivity index (χ0) is 5.28. The van der Waals surface area contributed by atoms with Crippen molar-refractivity contribution >= 4 is 0 Å². The van der Waals surface area contributed by atoms with Gasteiger partial charge in [0.15, 0.2) is 0 Å². The summed E-state index contributed by atoms with van der Waals surface area (Å²) in [5.41, 5.74) is 0. The summed E-state index contributed by atoms with van der Waals surface area (Å²) in [4.78, 5) is 11.4. The van der Waals surface area contributed by atoms with Gasteiger partial charge in [-0.1, -0.05) is 0 Å². The van der Waals surface area contributed by atoms with Crippen LogP contribution in [0.2, 0.25) is 0 Å². The molecule has 0 aromatic carbocycles. The van der Waals surface area contributed by atoms with Crippen molar-refractivity contribution in [3.8, 4) is 0 Å². The first kappa shape index (κ1) is 4.56. The third-order valence-corrected chi connectivity index (χ3v) is 1.21. The van der Waals surface area contributed by atoms with Crippen LogP contribution in [-0.4, -0.2) is 30.0 Å². The Morgan fingerprint density at radius 2 is 2.43 bits per heavy atom. The standard InChI is InChI=1S/C4H9N2O/c1-5-3-2-4-6(5)7/h2-4H2,1H3/q+1. The Bertz CT molecular complexity index is 91.7. The minimum atomic E-state index is 0.677. The Labute approximate surface area is 42.5 Å². The molecule has 0 aromatic heterocycles. The number of nitrogens with zero attached hydrogens (tertiary/aromatic N) is 2. The summed E-state index contributed by atoms with van der Waals surface area (Å²) < 4.78 is 0. The molecule has 0 saturated carbocycles. The van der Waals surface area contributed by atoms with E-state index in [0.717, 1.165) is 17.8 Å². The molecule has 3 nitrogen and oxygen atoms in total. The van der Waals surface area contributed by atoms with Gasteiger partial charge in [-0.3, -0.25) is 0 Å². The van der Waals surface area contributed by atoms with E-state index in [9.17, 15) is 4.91 Å². The van der Waals surface area contributed by atoms with Crippen molar-refractivity contribution in [2.24, 2.45) is 0 Å². The summed E-state index contributed by atoms with van der Waals surface area (Å²) >= 11 is 0. The fourth-order valence-corrected chi connectivity index (χ4v) is 0.717. The van der Waals surface area contributed by atoms with Gasteiger partial charge in [0.05, 0.1) is 18.5 Å². The van der Waals surface area contributed by atoms with Gasteiger partial charge in [0, 0.05) is 6.42 Å². The van der Waals surface area contributed by atoms with Crippen molar-refractivity contribution in [2.45, 2.75) is 6.42 Å². The molecule has 40 valence electrons. The quantitative estimate of drug-likeness (QED) is 0.401. The highest BCUT2D eigenvalue weighted by atomic mass is 16.3. The Morgan fingerprint density at radius 1 is 1.71 bits per heavy atom. The summed E-state index contributed by atoms with van der Waals surface area (Å²) in [6, 6.07) is 0. The van der Waals surface area contributed by atoms with Gasteiger partial charge in [-0.15, -0.1) is 5.01 Å². The third-order valence-electron chi connectivity index (χ3n) is 1.21. The van der Waals surface area contributed by atoms with E-state index in [2.05, 4.69) is 0 Å². The Morgan fingerprint density at radius 3 is 2.57 bits per heavy atom. The minimum Gasteiger partial charge on any atom is -0.144 e. The second kappa shape index (κ2) is 1.48. The van der Waals surface area contributed by atoms with Gasteiger partial charge in [0.25, 0.3) is 0 Å². The van der Waals surface area contributed by atoms with Crippen LogP contribution in [0.1, 0.15) is 6.42 Å². The molecule has 0 unspecified atom stereocenters. The Hall–Kier alpha value is -0.600. The van der Waals surface area contributed by atoms with E-state index in [1.165, 1.54) is 0 Å². The second-order valence-corrected chi connectivity index (χ2v) is 1.81. The first-order valence-corrected chi connectivity index (χ1v) is 2.46. The molecule has 0 aromatic rings. The van der Waals surface area contributed by atoms with Gasteiger partial charge < -0.3 is 0 Å². The molecule has 0 radical (unpaired) electrons. The van der Waals surface area contributed by atoms with Crippen molar-refractivity contribution in [1.82, 2.24) is 5.01 Å². The number of hydrazine groups is 1. The normalized spacial score (nSPS) is 21.3. The SMILES string of the molecule is CN1CCC[N+]1=O. The van der Waals surface area contributed by atoms with Crippen molar-refractivity contribution in [1.29, 1.82) is 0 Å². The summed E-state index contributed by atoms with van der Waals surface area (Å²) in [6.45, 7) is 1.60. The summed E-state index contributed by atoms with van der Waals surface area (Å²) in [6.07, 6.45) is 1.01. The van der Waals surface area contributed by atoms with Crippen molar-refractivity contribution in [3.63, 3.8) is 0 Å². The Kier molecular flexibility index (Phi) is 0.964. The summed E-state index contributed by atoms with van der Waals surface area (Å²) in [5, 5.41) is 1.68. The lowest BCUT2D eigenvalue weighted by atomic mass is 10.5. The predicted molar refractivity (Wildman–Crippen MR) is 25.7 cm³/mol. The van der Waals surface area contributed by atoms with Crippen LogP contribution in [0.15, 0.2) is 0 Å². The average molecular weight is 101 g/mol. The molecule has 0 aliphatic carbocycles. The van der Waals surface area contributed by atoms with Crippen LogP contribution < -0.4 is 0 Å². The molecule has 0 N–H and O–H groups in total. The van der Waals surface area contributed by atoms with Crippen LogP contribution >= 0.6 is 0 Å². The molecule has 3 heteroatoms. The van der Waals surface area contributed by atoms with Crippen LogP contribution in [0.4, 0.5) is 0 Å². The van der Waals surface area contributed by atoms with Crippen molar-refractivity contribution < 1.29 is 4.87 Å². The van der Waals surface area contributed by atoms with E-state index < -0.39 is 0 Å². The number of rotatable bonds is 0. The molecule has 0 amide bonds. The van der Waals surface area contributed by atoms with Gasteiger partial charge in [-0.05, 0) is 0 Å². The molecular weight excluding hydrogens is 92.1 g/mol. The fraction of sp³-hybridized carbons (Fsp3) is 1.00. The van der Waals surface area contributed by atoms with Crippen LogP contribution in [0.5, 0.6) is 0 Å². The summed E-state index contributed by atoms with van der Waals surface area (Å²) in [7, 11) is 1.81. The highest BCUT2D eigenvalue weighted by molar-refractivity contribution is 4.42. The minimum absolute atomic E-state index is 0.677. The second-order valence-electron chi connectivity index (χ2n) is 1.81. The topological polar surface area (TPSA) is 23.3 Å². The number of hydrogen-bond acceptors (Lipinski definition) is 1. The zero-order valence-corrected chi connectivity index (χ0v) is 4.42. The highest BCUT2D eigenvalue weighted by Gasteiger charge is 2.22. The number of nitroso groups, excluding NO2 is 1. The maximum Gasteiger partial charge on any atom is 0.227 e. The average Bonchev–Trinajstić information content (AvgIpc) is 1.91. The van der Waals surface area contributed by atoms with E-state index in [0.29, 0.717) is 6.54 Å². The largest absolute Gasteiger partial charge is 0.227 e. The lowest BCUT2D eigenvalue weighted by Crippen LogP contribution is -2.20. The van der Waals surface area contributed by atoms with E-state index in [4.69, 9.17) is 0 Å². The van der Waals surface area contributed by atoms with Gasteiger partial charge in [-0.25, -0.2) is 0 Å². The van der Waals surface area contributed by atoms with Crippen LogP contribution in [0.3, 0.4) is 0 Å². The maximum atomic E-state index is 10.4. The van der Waals surface area contributed by atoms with Crippen molar-refractivity contribution in [3.05, 3.63) is 4.91 Å². The lowest BCUT2D eigenvalue weighted by Gasteiger charge is -1.92. The molecule has 1 saturated heterocycles. The van der Waals surface area contributed by atoms with Gasteiger partial charge in [0.2, 0.25) is 6.54 Å². The fourth-order valence-electron chi connectivity index (χ4n) is 0.717. The van der Waals surface area contributed by atoms with Crippen LogP contribution in [0, 0.1) is 4.91 Å². The zero-order valence-electron chi connectivity index (χ0n) is 4.42. The molecule has 1 heterocycles. The summed E-state index contributed by atoms with van der Waals surface area (Å²) in [5.74, 6) is 0. The van der Waals surface area contributed by atoms with E-state index >= 15 is 0 Å².